The number of halogens is 2. The molecule has 4 atom stereocenters. The van der Waals surface area contributed by atoms with Crippen LogP contribution in [0.4, 0.5) is 0 Å². The monoisotopic (exact) mass is 440 g/mol. The Balaban J connectivity index is 0.00000105. The summed E-state index contributed by atoms with van der Waals surface area (Å²) >= 11 is -0.556. The minimum absolute atomic E-state index is 0.0331. The van der Waals surface area contributed by atoms with Crippen molar-refractivity contribution in [2.75, 3.05) is 0 Å². The van der Waals surface area contributed by atoms with Crippen molar-refractivity contribution >= 4 is 18.6 Å². The predicted molar refractivity (Wildman–Crippen MR) is 111 cm³/mol. The van der Waals surface area contributed by atoms with Crippen LogP contribution in [-0.4, -0.2) is 35.4 Å². The second-order valence-corrected chi connectivity index (χ2v) is 12.2. The average molecular weight is 441 g/mol. The van der Waals surface area contributed by atoms with Gasteiger partial charge in [-0.2, -0.15) is 0 Å². The van der Waals surface area contributed by atoms with Crippen LogP contribution >= 0.6 is 18.6 Å². The molecule has 2 saturated carbocycles. The number of ether oxygens (including phenoxy) is 1. The minimum atomic E-state index is -0.556. The van der Waals surface area contributed by atoms with Gasteiger partial charge >= 0.3 is 35.6 Å². The molecule has 26 heavy (non-hydrogen) atoms. The van der Waals surface area contributed by atoms with Crippen molar-refractivity contribution in [3.63, 3.8) is 0 Å². The summed E-state index contributed by atoms with van der Waals surface area (Å²) in [5.74, 6) is 0. The number of nitrogens with zero attached hydrogens (tertiary/aromatic N) is 2. The van der Waals surface area contributed by atoms with Gasteiger partial charge in [0.2, 0.25) is 0 Å². The third-order valence-corrected chi connectivity index (χ3v) is 4.79. The van der Waals surface area contributed by atoms with Gasteiger partial charge in [0.1, 0.15) is 0 Å². The Morgan fingerprint density at radius 2 is 1.00 bits per heavy atom. The zero-order chi connectivity index (χ0) is 19.8. The van der Waals surface area contributed by atoms with Gasteiger partial charge in [0.15, 0.2) is 0 Å². The van der Waals surface area contributed by atoms with Crippen LogP contribution in [0.5, 0.6) is 0 Å². The SMILES string of the molecule is CC(C)(C)[N-]C1CCCCC1OC1CCCCC1[N-]C(C)(C)C.[Cl][Ti][Cl]. The summed E-state index contributed by atoms with van der Waals surface area (Å²) in [5, 5.41) is 10.1. The number of rotatable bonds is 4. The molecule has 0 aromatic carbocycles. The van der Waals surface area contributed by atoms with E-state index in [1.807, 2.05) is 0 Å². The molecule has 2 fully saturated rings. The molecule has 0 bridgehead atoms. The molecule has 0 aliphatic heterocycles. The third kappa shape index (κ3) is 10.6. The fourth-order valence-corrected chi connectivity index (χ4v) is 3.99. The molecule has 4 unspecified atom stereocenters. The summed E-state index contributed by atoms with van der Waals surface area (Å²) in [6, 6.07) is 0.752. The second kappa shape index (κ2) is 12.0. The van der Waals surface area contributed by atoms with Crippen LogP contribution < -0.4 is 0 Å². The molecule has 2 aliphatic carbocycles. The molecule has 0 radical (unpaired) electrons. The van der Waals surface area contributed by atoms with E-state index in [9.17, 15) is 0 Å². The number of hydrogen-bond acceptors (Lipinski definition) is 1. The molecule has 6 heteroatoms. The molecule has 0 heterocycles. The van der Waals surface area contributed by atoms with Crippen molar-refractivity contribution in [3.8, 4) is 0 Å². The van der Waals surface area contributed by atoms with Gasteiger partial charge in [-0.1, -0.05) is 80.1 Å². The van der Waals surface area contributed by atoms with E-state index in [1.165, 1.54) is 51.4 Å². The van der Waals surface area contributed by atoms with Crippen molar-refractivity contribution in [1.82, 2.24) is 0 Å². The molecule has 2 rings (SSSR count). The van der Waals surface area contributed by atoms with E-state index in [2.05, 4.69) is 41.5 Å². The summed E-state index contributed by atoms with van der Waals surface area (Å²) in [6.45, 7) is 13.2. The Morgan fingerprint density at radius 3 is 1.31 bits per heavy atom. The van der Waals surface area contributed by atoms with E-state index >= 15 is 0 Å². The fraction of sp³-hybridized carbons (Fsp3) is 1.00. The molecule has 0 aromatic rings. The van der Waals surface area contributed by atoms with Gasteiger partial charge in [-0.25, -0.2) is 0 Å². The summed E-state index contributed by atoms with van der Waals surface area (Å²) in [7, 11) is 9.78. The maximum absolute atomic E-state index is 6.66. The van der Waals surface area contributed by atoms with Crippen LogP contribution in [0.15, 0.2) is 0 Å². The van der Waals surface area contributed by atoms with E-state index in [-0.39, 0.29) is 11.1 Å². The van der Waals surface area contributed by atoms with Crippen molar-refractivity contribution < 1.29 is 21.8 Å². The van der Waals surface area contributed by atoms with Crippen LogP contribution in [0.25, 0.3) is 10.6 Å². The Labute approximate surface area is 178 Å². The first kappa shape index (κ1) is 25.2. The Kier molecular flexibility index (Phi) is 11.6. The summed E-state index contributed by atoms with van der Waals surface area (Å²) in [5.41, 5.74) is 0.0662. The fourth-order valence-electron chi connectivity index (χ4n) is 3.99. The van der Waals surface area contributed by atoms with Gasteiger partial charge in [0, 0.05) is 12.2 Å². The normalized spacial score (nSPS) is 30.3. The molecule has 0 aromatic heterocycles. The van der Waals surface area contributed by atoms with Gasteiger partial charge in [-0.15, -0.1) is 23.2 Å². The zero-order valence-electron chi connectivity index (χ0n) is 17.5. The van der Waals surface area contributed by atoms with E-state index in [4.69, 9.17) is 34.0 Å². The molecule has 0 saturated heterocycles. The number of hydrogen-bond donors (Lipinski definition) is 0. The topological polar surface area (TPSA) is 37.4 Å². The maximum atomic E-state index is 6.66. The summed E-state index contributed by atoms with van der Waals surface area (Å²) in [6.07, 6.45) is 10.5. The van der Waals surface area contributed by atoms with Crippen LogP contribution in [0.2, 0.25) is 0 Å². The molecule has 0 amide bonds. The average Bonchev–Trinajstić information content (AvgIpc) is 2.49. The van der Waals surface area contributed by atoms with Crippen LogP contribution in [0, 0.1) is 0 Å². The summed E-state index contributed by atoms with van der Waals surface area (Å²) in [4.78, 5) is 0. The van der Waals surface area contributed by atoms with Crippen LogP contribution in [0.3, 0.4) is 0 Å². The molecule has 0 N–H and O–H groups in total. The molecule has 0 spiro atoms. The molecular weight excluding hydrogens is 403 g/mol. The molecule has 2 aliphatic rings. The van der Waals surface area contributed by atoms with E-state index in [0.717, 1.165) is 0 Å². The second-order valence-electron chi connectivity index (χ2n) is 9.59. The van der Waals surface area contributed by atoms with E-state index in [0.29, 0.717) is 24.3 Å². The van der Waals surface area contributed by atoms with Gasteiger partial charge in [-0.05, 0) is 12.8 Å². The standard InChI is InChI=1S/C20H38N2O.2ClH.Ti/c1-19(2,3)21-15-11-7-9-13-17(15)23-18-14-10-8-12-16(18)22-20(4,5)6;;;/h15-18H,7-14H2,1-6H3;2*1H;/q-2;;;+2/p-2. The predicted octanol–water partition coefficient (Wildman–Crippen LogP) is 7.35. The first-order chi connectivity index (χ1) is 12.1. The Bertz CT molecular complexity index is 351. The Morgan fingerprint density at radius 1 is 0.692 bits per heavy atom. The van der Waals surface area contributed by atoms with Crippen LogP contribution in [-0.2, 0) is 21.8 Å². The van der Waals surface area contributed by atoms with Gasteiger partial charge in [-0.3, -0.25) is 0 Å². The van der Waals surface area contributed by atoms with Crippen molar-refractivity contribution in [2.24, 2.45) is 0 Å². The first-order valence-electron chi connectivity index (χ1n) is 10.1. The molecule has 3 nitrogen and oxygen atoms in total. The van der Waals surface area contributed by atoms with Gasteiger partial charge < -0.3 is 15.4 Å². The van der Waals surface area contributed by atoms with E-state index < -0.39 is 17.0 Å². The summed E-state index contributed by atoms with van der Waals surface area (Å²) < 4.78 is 6.66. The van der Waals surface area contributed by atoms with E-state index in [1.54, 1.807) is 0 Å². The van der Waals surface area contributed by atoms with Crippen LogP contribution in [0.1, 0.15) is 92.9 Å². The Hall–Kier alpha value is 1.17. The van der Waals surface area contributed by atoms with Crippen molar-refractivity contribution in [3.05, 3.63) is 10.6 Å². The molecule has 154 valence electrons. The quantitative estimate of drug-likeness (QED) is 0.421. The molecular formula is C20H38Cl2N2OTi-2. The van der Waals surface area contributed by atoms with Gasteiger partial charge in [0.05, 0.1) is 0 Å². The van der Waals surface area contributed by atoms with Gasteiger partial charge in [0.25, 0.3) is 0 Å². The first-order valence-corrected chi connectivity index (χ1v) is 14.4. The zero-order valence-corrected chi connectivity index (χ0v) is 20.6. The van der Waals surface area contributed by atoms with Crippen molar-refractivity contribution in [1.29, 1.82) is 0 Å². The van der Waals surface area contributed by atoms with Crippen molar-refractivity contribution in [2.45, 2.75) is 128 Å². The third-order valence-electron chi connectivity index (χ3n) is 4.79.